The van der Waals surface area contributed by atoms with Crippen LogP contribution in [0.2, 0.25) is 0 Å². The Bertz CT molecular complexity index is 606. The number of Topliss-reactive ketones (excluding diaryl/α,β-unsaturated/α-hetero) is 1. The van der Waals surface area contributed by atoms with Crippen LogP contribution in [0.3, 0.4) is 0 Å². The fraction of sp³-hybridized carbons (Fsp3) is 0.438. The standard InChI is InChI=1S/C16H22N4O/c1-12(7-15-9-17-5-6-18-15)19(3)11-16-8-14(13(2)21)10-20(16)4/h5-6,8-10,12H,7,11H2,1-4H3/t12-/m1/s1. The fourth-order valence-electron chi connectivity index (χ4n) is 2.27. The third-order valence-corrected chi connectivity index (χ3v) is 3.80. The van der Waals surface area contributed by atoms with Crippen molar-refractivity contribution in [1.29, 1.82) is 0 Å². The Kier molecular flexibility index (Phi) is 4.85. The quantitative estimate of drug-likeness (QED) is 0.763. The average Bonchev–Trinajstić information content (AvgIpc) is 2.81. The maximum atomic E-state index is 11.4. The second-order valence-electron chi connectivity index (χ2n) is 5.55. The minimum Gasteiger partial charge on any atom is -0.353 e. The van der Waals surface area contributed by atoms with Crippen LogP contribution in [0.4, 0.5) is 0 Å². The van der Waals surface area contributed by atoms with Crippen molar-refractivity contribution in [2.24, 2.45) is 7.05 Å². The number of ketones is 1. The van der Waals surface area contributed by atoms with Gasteiger partial charge in [-0.3, -0.25) is 19.7 Å². The number of carbonyl (C=O) groups excluding carboxylic acids is 1. The molecule has 2 aromatic heterocycles. The van der Waals surface area contributed by atoms with Gasteiger partial charge in [-0.25, -0.2) is 0 Å². The summed E-state index contributed by atoms with van der Waals surface area (Å²) in [5.41, 5.74) is 2.89. The Morgan fingerprint density at radius 3 is 2.76 bits per heavy atom. The topological polar surface area (TPSA) is 51.0 Å². The summed E-state index contributed by atoms with van der Waals surface area (Å²) in [5, 5.41) is 0. The Labute approximate surface area is 125 Å². The number of carbonyl (C=O) groups is 1. The van der Waals surface area contributed by atoms with Crippen molar-refractivity contribution < 1.29 is 4.79 Å². The van der Waals surface area contributed by atoms with E-state index in [1.54, 1.807) is 25.5 Å². The molecule has 2 heterocycles. The number of aromatic nitrogens is 3. The van der Waals surface area contributed by atoms with Crippen molar-refractivity contribution in [2.45, 2.75) is 32.9 Å². The number of nitrogens with zero attached hydrogens (tertiary/aromatic N) is 4. The molecule has 5 nitrogen and oxygen atoms in total. The Hall–Kier alpha value is -2.01. The third kappa shape index (κ3) is 3.98. The summed E-state index contributed by atoms with van der Waals surface area (Å²) in [5.74, 6) is 0.104. The van der Waals surface area contributed by atoms with E-state index in [9.17, 15) is 4.79 Å². The summed E-state index contributed by atoms with van der Waals surface area (Å²) in [6.07, 6.45) is 7.96. The van der Waals surface area contributed by atoms with E-state index < -0.39 is 0 Å². The number of rotatable bonds is 6. The lowest BCUT2D eigenvalue weighted by atomic mass is 10.1. The van der Waals surface area contributed by atoms with Gasteiger partial charge in [-0.15, -0.1) is 0 Å². The van der Waals surface area contributed by atoms with Crippen molar-refractivity contribution in [1.82, 2.24) is 19.4 Å². The molecular weight excluding hydrogens is 264 g/mol. The van der Waals surface area contributed by atoms with E-state index in [0.29, 0.717) is 6.04 Å². The smallest absolute Gasteiger partial charge is 0.161 e. The van der Waals surface area contributed by atoms with Crippen molar-refractivity contribution >= 4 is 5.78 Å². The highest BCUT2D eigenvalue weighted by atomic mass is 16.1. The van der Waals surface area contributed by atoms with E-state index in [0.717, 1.165) is 29.9 Å². The average molecular weight is 286 g/mol. The van der Waals surface area contributed by atoms with Gasteiger partial charge in [0.15, 0.2) is 5.78 Å². The molecule has 0 aromatic carbocycles. The zero-order chi connectivity index (χ0) is 15.4. The first-order valence-corrected chi connectivity index (χ1v) is 7.08. The molecule has 0 radical (unpaired) electrons. The molecule has 2 aromatic rings. The van der Waals surface area contributed by atoms with E-state index in [2.05, 4.69) is 28.8 Å². The monoisotopic (exact) mass is 286 g/mol. The van der Waals surface area contributed by atoms with E-state index in [-0.39, 0.29) is 5.78 Å². The van der Waals surface area contributed by atoms with Gasteiger partial charge in [0, 0.05) is 62.1 Å². The molecule has 0 saturated heterocycles. The molecule has 0 aliphatic rings. The van der Waals surface area contributed by atoms with Gasteiger partial charge in [0.25, 0.3) is 0 Å². The molecule has 0 unspecified atom stereocenters. The number of likely N-dealkylation sites (N-methyl/N-ethyl adjacent to an activating group) is 1. The van der Waals surface area contributed by atoms with Crippen molar-refractivity contribution in [3.05, 3.63) is 47.8 Å². The maximum absolute atomic E-state index is 11.4. The van der Waals surface area contributed by atoms with Crippen LogP contribution in [0.15, 0.2) is 30.9 Å². The summed E-state index contributed by atoms with van der Waals surface area (Å²) in [6, 6.07) is 2.31. The largest absolute Gasteiger partial charge is 0.353 e. The molecule has 0 fully saturated rings. The third-order valence-electron chi connectivity index (χ3n) is 3.80. The van der Waals surface area contributed by atoms with Gasteiger partial charge in [0.2, 0.25) is 0 Å². The first kappa shape index (κ1) is 15.4. The molecule has 21 heavy (non-hydrogen) atoms. The second-order valence-corrected chi connectivity index (χ2v) is 5.55. The van der Waals surface area contributed by atoms with Crippen molar-refractivity contribution in [3.63, 3.8) is 0 Å². The lowest BCUT2D eigenvalue weighted by molar-refractivity contribution is 0.101. The fourth-order valence-corrected chi connectivity index (χ4v) is 2.27. The Morgan fingerprint density at radius 1 is 1.43 bits per heavy atom. The molecule has 1 atom stereocenters. The minimum atomic E-state index is 0.104. The van der Waals surface area contributed by atoms with Crippen molar-refractivity contribution in [3.8, 4) is 0 Å². The van der Waals surface area contributed by atoms with Gasteiger partial charge in [-0.2, -0.15) is 0 Å². The van der Waals surface area contributed by atoms with Gasteiger partial charge in [-0.1, -0.05) is 0 Å². The maximum Gasteiger partial charge on any atom is 0.161 e. The van der Waals surface area contributed by atoms with Gasteiger partial charge >= 0.3 is 0 Å². The predicted molar refractivity (Wildman–Crippen MR) is 82.1 cm³/mol. The van der Waals surface area contributed by atoms with Crippen LogP contribution in [0, 0.1) is 0 Å². The molecule has 0 aliphatic heterocycles. The Balaban J connectivity index is 2.00. The number of hydrogen-bond donors (Lipinski definition) is 0. The van der Waals surface area contributed by atoms with Crippen LogP contribution < -0.4 is 0 Å². The van der Waals surface area contributed by atoms with Gasteiger partial charge in [-0.05, 0) is 27.0 Å². The van der Waals surface area contributed by atoms with Gasteiger partial charge in [0.1, 0.15) is 0 Å². The summed E-state index contributed by atoms with van der Waals surface area (Å²) in [6.45, 7) is 4.56. The Morgan fingerprint density at radius 2 is 2.19 bits per heavy atom. The highest BCUT2D eigenvalue weighted by Crippen LogP contribution is 2.13. The first-order valence-electron chi connectivity index (χ1n) is 7.08. The molecule has 0 saturated carbocycles. The molecular formula is C16H22N4O. The normalized spacial score (nSPS) is 12.6. The lowest BCUT2D eigenvalue weighted by Gasteiger charge is -2.24. The summed E-state index contributed by atoms with van der Waals surface area (Å²) < 4.78 is 2.02. The van der Waals surface area contributed by atoms with Crippen LogP contribution >= 0.6 is 0 Å². The zero-order valence-corrected chi connectivity index (χ0v) is 13.1. The number of hydrogen-bond acceptors (Lipinski definition) is 4. The van der Waals surface area contributed by atoms with Crippen LogP contribution in [-0.4, -0.2) is 38.3 Å². The van der Waals surface area contributed by atoms with E-state index in [1.165, 1.54) is 0 Å². The molecule has 0 aliphatic carbocycles. The zero-order valence-electron chi connectivity index (χ0n) is 13.1. The molecule has 2 rings (SSSR count). The van der Waals surface area contributed by atoms with E-state index in [1.807, 2.05) is 23.9 Å². The molecule has 0 N–H and O–H groups in total. The summed E-state index contributed by atoms with van der Waals surface area (Å²) in [7, 11) is 4.06. The van der Waals surface area contributed by atoms with Crippen LogP contribution in [0.25, 0.3) is 0 Å². The van der Waals surface area contributed by atoms with Crippen molar-refractivity contribution in [2.75, 3.05) is 7.05 Å². The first-order chi connectivity index (χ1) is 9.97. The van der Waals surface area contributed by atoms with Crippen LogP contribution in [0.1, 0.15) is 35.6 Å². The second kappa shape index (κ2) is 6.63. The number of aryl methyl sites for hydroxylation is 1. The minimum absolute atomic E-state index is 0.104. The van der Waals surface area contributed by atoms with Gasteiger partial charge in [0.05, 0.1) is 5.69 Å². The molecule has 0 amide bonds. The lowest BCUT2D eigenvalue weighted by Crippen LogP contribution is -2.31. The van der Waals surface area contributed by atoms with Crippen LogP contribution in [-0.2, 0) is 20.0 Å². The molecule has 112 valence electrons. The van der Waals surface area contributed by atoms with E-state index >= 15 is 0 Å². The van der Waals surface area contributed by atoms with Gasteiger partial charge < -0.3 is 4.57 Å². The molecule has 0 spiro atoms. The molecule has 0 bridgehead atoms. The van der Waals surface area contributed by atoms with Crippen LogP contribution in [0.5, 0.6) is 0 Å². The van der Waals surface area contributed by atoms with E-state index in [4.69, 9.17) is 0 Å². The highest BCUT2D eigenvalue weighted by Gasteiger charge is 2.14. The molecule has 5 heteroatoms. The summed E-state index contributed by atoms with van der Waals surface area (Å²) >= 11 is 0. The highest BCUT2D eigenvalue weighted by molar-refractivity contribution is 5.94. The predicted octanol–water partition coefficient (Wildman–Crippen LogP) is 2.08. The summed E-state index contributed by atoms with van der Waals surface area (Å²) in [4.78, 5) is 22.1. The SMILES string of the molecule is CC(=O)c1cc(CN(C)[C@H](C)Cc2cnccn2)n(C)c1.